The van der Waals surface area contributed by atoms with Gasteiger partial charge in [-0.15, -0.1) is 9.90 Å². The highest BCUT2D eigenvalue weighted by Gasteiger charge is 2.19. The Labute approximate surface area is 159 Å². The molecule has 7 nitrogen and oxygen atoms in total. The average molecular weight is 449 g/mol. The molecule has 0 bridgehead atoms. The van der Waals surface area contributed by atoms with Gasteiger partial charge in [0.2, 0.25) is 0 Å². The predicted octanol–water partition coefficient (Wildman–Crippen LogP) is 3.91. The third-order valence-electron chi connectivity index (χ3n) is 3.63. The molecule has 0 spiro atoms. The van der Waals surface area contributed by atoms with Gasteiger partial charge in [0.1, 0.15) is 5.69 Å². The number of aromatic nitrogens is 6. The van der Waals surface area contributed by atoms with Crippen LogP contribution in [0, 0.1) is 0 Å². The van der Waals surface area contributed by atoms with E-state index in [9.17, 15) is 17.6 Å². The van der Waals surface area contributed by atoms with Gasteiger partial charge in [-0.1, -0.05) is 0 Å². The summed E-state index contributed by atoms with van der Waals surface area (Å²) in [5.41, 5.74) is 1.26. The zero-order chi connectivity index (χ0) is 19.4. The molecule has 3 rings (SSSR count). The van der Waals surface area contributed by atoms with E-state index in [0.717, 1.165) is 4.47 Å². The average Bonchev–Trinajstić information content (AvgIpc) is 3.29. The van der Waals surface area contributed by atoms with Crippen molar-refractivity contribution in [3.05, 3.63) is 47.1 Å². The first-order valence-electron chi connectivity index (χ1n) is 7.69. The number of alkyl halides is 4. The molecule has 1 unspecified atom stereocenters. The van der Waals surface area contributed by atoms with Crippen LogP contribution in [0.2, 0.25) is 0 Å². The van der Waals surface area contributed by atoms with E-state index in [4.69, 9.17) is 0 Å². The topological polar surface area (TPSA) is 70.7 Å². The lowest BCUT2D eigenvalue weighted by atomic mass is 10.1. The van der Waals surface area contributed by atoms with Crippen LogP contribution in [0.5, 0.6) is 0 Å². The van der Waals surface area contributed by atoms with E-state index < -0.39 is 19.2 Å². The molecule has 0 radical (unpaired) electrons. The molecular weight excluding hydrogens is 436 g/mol. The number of nitrogens with zero attached hydrogens (tertiary/aromatic N) is 6. The Kier molecular flexibility index (Phi) is 6.16. The van der Waals surface area contributed by atoms with Gasteiger partial charge in [-0.2, -0.15) is 27.8 Å². The highest BCUT2D eigenvalue weighted by atomic mass is 79.9. The van der Waals surface area contributed by atoms with Gasteiger partial charge in [0.15, 0.2) is 0 Å². The van der Waals surface area contributed by atoms with Crippen molar-refractivity contribution >= 4 is 15.9 Å². The Morgan fingerprint density at radius 2 is 1.89 bits per heavy atom. The minimum atomic E-state index is -2.87. The highest BCUT2D eigenvalue weighted by molar-refractivity contribution is 9.10. The van der Waals surface area contributed by atoms with Crippen molar-refractivity contribution in [1.82, 2.24) is 29.8 Å². The molecule has 0 aliphatic rings. The Morgan fingerprint density at radius 1 is 1.07 bits per heavy atom. The molecule has 0 amide bonds. The van der Waals surface area contributed by atoms with Crippen molar-refractivity contribution < 1.29 is 22.3 Å². The number of hydrogen-bond donors (Lipinski definition) is 0. The fourth-order valence-corrected chi connectivity index (χ4v) is 2.65. The molecule has 144 valence electrons. The molecule has 0 aromatic carbocycles. The van der Waals surface area contributed by atoms with E-state index in [0.29, 0.717) is 11.3 Å². The van der Waals surface area contributed by atoms with E-state index in [1.54, 1.807) is 24.5 Å². The van der Waals surface area contributed by atoms with Crippen LogP contribution in [0.4, 0.5) is 17.6 Å². The van der Waals surface area contributed by atoms with Crippen molar-refractivity contribution in [2.24, 2.45) is 0 Å². The molecule has 12 heteroatoms. The van der Waals surface area contributed by atoms with Crippen LogP contribution in [0.15, 0.2) is 41.4 Å². The minimum absolute atomic E-state index is 0.184. The molecule has 0 fully saturated rings. The SMILES string of the molecule is FC(F)OCCC(c1ccc(Br)cn1)n1cc(-c2cnn(C(F)F)n2)cn1. The summed E-state index contributed by atoms with van der Waals surface area (Å²) in [4.78, 5) is 4.57. The van der Waals surface area contributed by atoms with Crippen molar-refractivity contribution in [3.63, 3.8) is 0 Å². The molecule has 0 N–H and O–H groups in total. The molecular formula is C15H13BrF4N6O. The van der Waals surface area contributed by atoms with Crippen molar-refractivity contribution in [2.75, 3.05) is 6.61 Å². The second kappa shape index (κ2) is 8.57. The van der Waals surface area contributed by atoms with Crippen LogP contribution in [0.3, 0.4) is 0 Å². The van der Waals surface area contributed by atoms with Gasteiger partial charge in [0.05, 0.1) is 30.7 Å². The Hall–Kier alpha value is -2.34. The summed E-state index contributed by atoms with van der Waals surface area (Å²) in [6.07, 6.45) is 5.95. The van der Waals surface area contributed by atoms with Crippen LogP contribution in [0.1, 0.15) is 24.7 Å². The highest BCUT2D eigenvalue weighted by Crippen LogP contribution is 2.25. The van der Waals surface area contributed by atoms with Crippen LogP contribution in [-0.4, -0.2) is 43.0 Å². The van der Waals surface area contributed by atoms with Gasteiger partial charge in [0, 0.05) is 22.4 Å². The number of pyridine rings is 1. The monoisotopic (exact) mass is 448 g/mol. The zero-order valence-electron chi connectivity index (χ0n) is 13.6. The number of rotatable bonds is 8. The first-order valence-corrected chi connectivity index (χ1v) is 8.49. The molecule has 0 saturated carbocycles. The summed E-state index contributed by atoms with van der Waals surface area (Å²) in [5.74, 6) is 0. The summed E-state index contributed by atoms with van der Waals surface area (Å²) >= 11 is 3.28. The van der Waals surface area contributed by atoms with Gasteiger partial charge in [-0.3, -0.25) is 9.67 Å². The lowest BCUT2D eigenvalue weighted by molar-refractivity contribution is -0.130. The van der Waals surface area contributed by atoms with Crippen LogP contribution < -0.4 is 0 Å². The Bertz CT molecular complexity index is 869. The summed E-state index contributed by atoms with van der Waals surface area (Å²) in [7, 11) is 0. The van der Waals surface area contributed by atoms with Crippen molar-refractivity contribution in [1.29, 1.82) is 0 Å². The van der Waals surface area contributed by atoms with Crippen LogP contribution in [0.25, 0.3) is 11.3 Å². The van der Waals surface area contributed by atoms with Gasteiger partial charge >= 0.3 is 13.2 Å². The van der Waals surface area contributed by atoms with Crippen LogP contribution >= 0.6 is 15.9 Å². The maximum Gasteiger partial charge on any atom is 0.348 e. The first kappa shape index (κ1) is 19.4. The Morgan fingerprint density at radius 3 is 2.52 bits per heavy atom. The summed E-state index contributed by atoms with van der Waals surface area (Å²) in [6, 6.07) is 3.00. The van der Waals surface area contributed by atoms with Gasteiger partial charge in [0.25, 0.3) is 0 Å². The van der Waals surface area contributed by atoms with Gasteiger partial charge in [-0.05, 0) is 34.5 Å². The summed E-state index contributed by atoms with van der Waals surface area (Å²) < 4.78 is 56.4. The van der Waals surface area contributed by atoms with Crippen molar-refractivity contribution in [3.8, 4) is 11.3 Å². The molecule has 0 saturated heterocycles. The zero-order valence-corrected chi connectivity index (χ0v) is 15.2. The summed E-state index contributed by atoms with van der Waals surface area (Å²) in [5, 5.41) is 11.4. The third kappa shape index (κ3) is 4.89. The Balaban J connectivity index is 1.85. The lowest BCUT2D eigenvalue weighted by Gasteiger charge is -2.17. The third-order valence-corrected chi connectivity index (χ3v) is 4.10. The van der Waals surface area contributed by atoms with E-state index in [-0.39, 0.29) is 23.5 Å². The number of hydrogen-bond acceptors (Lipinski definition) is 5. The summed E-state index contributed by atoms with van der Waals surface area (Å²) in [6.45, 7) is -5.93. The fourth-order valence-electron chi connectivity index (χ4n) is 2.41. The second-order valence-corrected chi connectivity index (χ2v) is 6.29. The molecule has 0 aliphatic heterocycles. The van der Waals surface area contributed by atoms with E-state index in [1.807, 2.05) is 0 Å². The fraction of sp³-hybridized carbons (Fsp3) is 0.333. The quantitative estimate of drug-likeness (QED) is 0.488. The molecule has 27 heavy (non-hydrogen) atoms. The molecule has 1 atom stereocenters. The van der Waals surface area contributed by atoms with Gasteiger partial charge in [-0.25, -0.2) is 0 Å². The number of ether oxygens (including phenoxy) is 1. The standard InChI is InChI=1S/C15H13BrF4N6O/c16-10-1-2-11(21-6-10)13(3-4-27-15(19)20)25-8-9(5-22-25)12-7-23-26(24-12)14(17)18/h1-2,5-8,13-15H,3-4H2. The largest absolute Gasteiger partial charge is 0.348 e. The van der Waals surface area contributed by atoms with E-state index in [2.05, 4.69) is 40.9 Å². The predicted molar refractivity (Wildman–Crippen MR) is 89.1 cm³/mol. The maximum atomic E-state index is 12.6. The molecule has 3 aromatic heterocycles. The second-order valence-electron chi connectivity index (χ2n) is 5.37. The molecule has 0 aliphatic carbocycles. The van der Waals surface area contributed by atoms with Crippen LogP contribution in [-0.2, 0) is 4.74 Å². The van der Waals surface area contributed by atoms with E-state index in [1.165, 1.54) is 17.1 Å². The normalized spacial score (nSPS) is 12.9. The maximum absolute atomic E-state index is 12.6. The molecule has 3 aromatic rings. The van der Waals surface area contributed by atoms with E-state index >= 15 is 0 Å². The minimum Gasteiger partial charge on any atom is -0.323 e. The first-order chi connectivity index (χ1) is 12.9. The molecule has 3 heterocycles. The van der Waals surface area contributed by atoms with Gasteiger partial charge < -0.3 is 4.74 Å². The number of halogens is 5. The van der Waals surface area contributed by atoms with Crippen molar-refractivity contribution in [2.45, 2.75) is 25.6 Å². The smallest absolute Gasteiger partial charge is 0.323 e. The lowest BCUT2D eigenvalue weighted by Crippen LogP contribution is -2.16.